The molecule has 0 saturated heterocycles. The van der Waals surface area contributed by atoms with Crippen LogP contribution >= 0.6 is 23.1 Å². The minimum Gasteiger partial charge on any atom is -0.396 e. The largest absolute Gasteiger partial charge is 0.396 e. The zero-order chi connectivity index (χ0) is 13.8. The highest BCUT2D eigenvalue weighted by molar-refractivity contribution is 7.99. The molecular formula is C14H15N3S2. The van der Waals surface area contributed by atoms with Gasteiger partial charge in [0.15, 0.2) is 0 Å². The quantitative estimate of drug-likeness (QED) is 0.874. The average molecular weight is 289 g/mol. The van der Waals surface area contributed by atoms with E-state index in [1.807, 2.05) is 31.5 Å². The molecule has 2 aromatic rings. The maximum Gasteiger partial charge on any atom is 0.131 e. The first-order valence-electron chi connectivity index (χ1n) is 5.78. The Balaban J connectivity index is 2.29. The second kappa shape index (κ2) is 6.00. The van der Waals surface area contributed by atoms with E-state index in [9.17, 15) is 0 Å². The second-order valence-corrected chi connectivity index (χ2v) is 5.95. The lowest BCUT2D eigenvalue weighted by Crippen LogP contribution is -2.15. The Morgan fingerprint density at radius 3 is 2.63 bits per heavy atom. The van der Waals surface area contributed by atoms with Gasteiger partial charge in [0, 0.05) is 13.6 Å². The molecule has 0 fully saturated rings. The normalized spacial score (nSPS) is 10.2. The molecule has 3 nitrogen and oxygen atoms in total. The number of nitrogens with zero attached hydrogens (tertiary/aromatic N) is 2. The van der Waals surface area contributed by atoms with Crippen molar-refractivity contribution in [1.29, 1.82) is 5.26 Å². The summed E-state index contributed by atoms with van der Waals surface area (Å²) in [5, 5.41) is 10.1. The molecule has 0 saturated carbocycles. The van der Waals surface area contributed by atoms with Gasteiger partial charge in [-0.05, 0) is 11.8 Å². The van der Waals surface area contributed by atoms with Crippen molar-refractivity contribution in [1.82, 2.24) is 0 Å². The van der Waals surface area contributed by atoms with Crippen LogP contribution < -0.4 is 10.6 Å². The maximum atomic E-state index is 9.08. The van der Waals surface area contributed by atoms with Crippen LogP contribution in [0.5, 0.6) is 0 Å². The molecule has 1 aromatic heterocycles. The molecule has 5 heteroatoms. The highest BCUT2D eigenvalue weighted by Crippen LogP contribution is 2.43. The first-order valence-corrected chi connectivity index (χ1v) is 7.83. The second-order valence-electron chi connectivity index (χ2n) is 4.14. The van der Waals surface area contributed by atoms with Crippen LogP contribution in [0.2, 0.25) is 0 Å². The molecule has 0 bridgehead atoms. The summed E-state index contributed by atoms with van der Waals surface area (Å²) < 4.78 is 0. The molecule has 0 amide bonds. The van der Waals surface area contributed by atoms with Gasteiger partial charge in [-0.15, -0.1) is 23.1 Å². The number of rotatable bonds is 4. The van der Waals surface area contributed by atoms with Gasteiger partial charge in [-0.3, -0.25) is 0 Å². The summed E-state index contributed by atoms with van der Waals surface area (Å²) in [6.45, 7) is 0.805. The third-order valence-electron chi connectivity index (χ3n) is 2.80. The van der Waals surface area contributed by atoms with Crippen molar-refractivity contribution in [2.75, 3.05) is 23.9 Å². The monoisotopic (exact) mass is 289 g/mol. The van der Waals surface area contributed by atoms with Crippen LogP contribution in [0.3, 0.4) is 0 Å². The number of benzene rings is 1. The Kier molecular flexibility index (Phi) is 4.35. The smallest absolute Gasteiger partial charge is 0.131 e. The molecule has 1 aromatic carbocycles. The zero-order valence-corrected chi connectivity index (χ0v) is 12.5. The predicted molar refractivity (Wildman–Crippen MR) is 83.8 cm³/mol. The molecule has 0 atom stereocenters. The van der Waals surface area contributed by atoms with Gasteiger partial charge >= 0.3 is 0 Å². The molecule has 0 aliphatic heterocycles. The SMILES string of the molecule is CSc1c(N(C)Cc2ccccc2)sc(C#N)c1N. The first kappa shape index (κ1) is 13.8. The van der Waals surface area contributed by atoms with E-state index in [1.165, 1.54) is 16.9 Å². The molecule has 0 spiro atoms. The highest BCUT2D eigenvalue weighted by atomic mass is 32.2. The summed E-state index contributed by atoms with van der Waals surface area (Å²) in [6.07, 6.45) is 1.99. The number of thioether (sulfide) groups is 1. The molecular weight excluding hydrogens is 274 g/mol. The molecule has 2 rings (SSSR count). The fourth-order valence-corrected chi connectivity index (χ4v) is 3.84. The van der Waals surface area contributed by atoms with E-state index in [0.717, 1.165) is 16.4 Å². The summed E-state index contributed by atoms with van der Waals surface area (Å²) >= 11 is 3.05. The van der Waals surface area contributed by atoms with Crippen LogP contribution in [-0.4, -0.2) is 13.3 Å². The standard InChI is InChI=1S/C14H15N3S2/c1-17(9-10-6-4-3-5-7-10)14-13(18-2)12(16)11(8-15)19-14/h3-7H,9,16H2,1-2H3. The number of hydrogen-bond donors (Lipinski definition) is 1. The van der Waals surface area contributed by atoms with Gasteiger partial charge in [0.25, 0.3) is 0 Å². The van der Waals surface area contributed by atoms with E-state index in [-0.39, 0.29) is 0 Å². The minimum atomic E-state index is 0.597. The number of nitrogen functional groups attached to an aromatic ring is 1. The van der Waals surface area contributed by atoms with Crippen LogP contribution in [0.25, 0.3) is 0 Å². The number of anilines is 2. The topological polar surface area (TPSA) is 53.0 Å². The summed E-state index contributed by atoms with van der Waals surface area (Å²) in [7, 11) is 2.03. The van der Waals surface area contributed by atoms with E-state index in [4.69, 9.17) is 11.0 Å². The molecule has 0 aliphatic rings. The fourth-order valence-electron chi connectivity index (χ4n) is 1.88. The van der Waals surface area contributed by atoms with E-state index in [2.05, 4.69) is 23.1 Å². The number of nitriles is 1. The van der Waals surface area contributed by atoms with Gasteiger partial charge in [-0.25, -0.2) is 0 Å². The van der Waals surface area contributed by atoms with Gasteiger partial charge in [-0.1, -0.05) is 30.3 Å². The molecule has 19 heavy (non-hydrogen) atoms. The lowest BCUT2D eigenvalue weighted by molar-refractivity contribution is 0.925. The van der Waals surface area contributed by atoms with Crippen molar-refractivity contribution in [3.8, 4) is 6.07 Å². The third-order valence-corrected chi connectivity index (χ3v) is 4.97. The molecule has 98 valence electrons. The van der Waals surface area contributed by atoms with E-state index < -0.39 is 0 Å². The van der Waals surface area contributed by atoms with Crippen LogP contribution in [0.4, 0.5) is 10.7 Å². The summed E-state index contributed by atoms with van der Waals surface area (Å²) in [4.78, 5) is 3.74. The molecule has 0 aliphatic carbocycles. The summed E-state index contributed by atoms with van der Waals surface area (Å²) in [5.41, 5.74) is 7.84. The lowest BCUT2D eigenvalue weighted by atomic mass is 10.2. The van der Waals surface area contributed by atoms with Crippen molar-refractivity contribution in [2.24, 2.45) is 0 Å². The molecule has 1 heterocycles. The predicted octanol–water partition coefficient (Wildman–Crippen LogP) is 3.56. The Hall–Kier alpha value is -1.64. The maximum absolute atomic E-state index is 9.08. The van der Waals surface area contributed by atoms with Crippen LogP contribution in [0.15, 0.2) is 35.2 Å². The van der Waals surface area contributed by atoms with E-state index in [0.29, 0.717) is 10.6 Å². The Labute approximate surface area is 121 Å². The molecule has 2 N–H and O–H groups in total. The van der Waals surface area contributed by atoms with Crippen LogP contribution in [0, 0.1) is 11.3 Å². The third kappa shape index (κ3) is 2.86. The van der Waals surface area contributed by atoms with Crippen molar-refractivity contribution < 1.29 is 0 Å². The van der Waals surface area contributed by atoms with Gasteiger partial charge in [0.2, 0.25) is 0 Å². The van der Waals surface area contributed by atoms with Gasteiger partial charge in [0.1, 0.15) is 15.9 Å². The zero-order valence-electron chi connectivity index (χ0n) is 10.9. The average Bonchev–Trinajstić information content (AvgIpc) is 2.76. The lowest BCUT2D eigenvalue weighted by Gasteiger charge is -2.18. The Morgan fingerprint density at radius 2 is 2.05 bits per heavy atom. The highest BCUT2D eigenvalue weighted by Gasteiger charge is 2.18. The van der Waals surface area contributed by atoms with E-state index in [1.54, 1.807) is 11.8 Å². The van der Waals surface area contributed by atoms with Crippen molar-refractivity contribution in [3.05, 3.63) is 40.8 Å². The van der Waals surface area contributed by atoms with Gasteiger partial charge in [0.05, 0.1) is 10.6 Å². The number of thiophene rings is 1. The summed E-state index contributed by atoms with van der Waals surface area (Å²) in [5.74, 6) is 0. The van der Waals surface area contributed by atoms with Gasteiger partial charge < -0.3 is 10.6 Å². The molecule has 0 unspecified atom stereocenters. The van der Waals surface area contributed by atoms with Crippen molar-refractivity contribution in [3.63, 3.8) is 0 Å². The number of nitrogens with two attached hydrogens (primary N) is 1. The summed E-state index contributed by atoms with van der Waals surface area (Å²) in [6, 6.07) is 12.4. The fraction of sp³-hybridized carbons (Fsp3) is 0.214. The van der Waals surface area contributed by atoms with Crippen molar-refractivity contribution >= 4 is 33.8 Å². The number of hydrogen-bond acceptors (Lipinski definition) is 5. The molecule has 0 radical (unpaired) electrons. The van der Waals surface area contributed by atoms with Crippen LogP contribution in [0.1, 0.15) is 10.4 Å². The van der Waals surface area contributed by atoms with Gasteiger partial charge in [-0.2, -0.15) is 5.26 Å². The van der Waals surface area contributed by atoms with E-state index >= 15 is 0 Å². The Morgan fingerprint density at radius 1 is 1.37 bits per heavy atom. The Bertz CT molecular complexity index is 599. The minimum absolute atomic E-state index is 0.597. The first-order chi connectivity index (χ1) is 9.17. The van der Waals surface area contributed by atoms with Crippen molar-refractivity contribution in [2.45, 2.75) is 11.4 Å². The van der Waals surface area contributed by atoms with Crippen LogP contribution in [-0.2, 0) is 6.54 Å².